The predicted octanol–water partition coefficient (Wildman–Crippen LogP) is 4.54. The van der Waals surface area contributed by atoms with Gasteiger partial charge in [0.15, 0.2) is 0 Å². The van der Waals surface area contributed by atoms with Crippen LogP contribution in [0.15, 0.2) is 36.5 Å². The maximum Gasteiger partial charge on any atom is 0.0959 e. The highest BCUT2D eigenvalue weighted by atomic mass is 15.0. The van der Waals surface area contributed by atoms with Crippen molar-refractivity contribution >= 4 is 21.9 Å². The first-order valence-corrected chi connectivity index (χ1v) is 6.65. The van der Waals surface area contributed by atoms with E-state index in [-0.39, 0.29) is 0 Å². The molecule has 0 saturated heterocycles. The van der Waals surface area contributed by atoms with Crippen molar-refractivity contribution in [3.8, 4) is 0 Å². The molecule has 0 atom stereocenters. The topological polar surface area (TPSA) is 17.8 Å². The highest BCUT2D eigenvalue weighted by molar-refractivity contribution is 6.05. The van der Waals surface area contributed by atoms with Crippen molar-refractivity contribution in [1.29, 1.82) is 0 Å². The molecule has 0 N–H and O–H groups in total. The van der Waals surface area contributed by atoms with Crippen LogP contribution in [0.2, 0.25) is 0 Å². The van der Waals surface area contributed by atoms with E-state index in [9.17, 15) is 0 Å². The number of aromatic nitrogens is 2. The molecule has 0 saturated carbocycles. The molecule has 1 aromatic carbocycles. The van der Waals surface area contributed by atoms with Crippen LogP contribution >= 0.6 is 0 Å². The summed E-state index contributed by atoms with van der Waals surface area (Å²) >= 11 is 0. The summed E-state index contributed by atoms with van der Waals surface area (Å²) in [4.78, 5) is 4.49. The molecule has 18 heavy (non-hydrogen) atoms. The summed E-state index contributed by atoms with van der Waals surface area (Å²) in [5.41, 5.74) is 4.92. The molecule has 94 valence electrons. The summed E-state index contributed by atoms with van der Waals surface area (Å²) in [7, 11) is 0. The second kappa shape index (κ2) is 5.21. The van der Waals surface area contributed by atoms with Crippen molar-refractivity contribution in [3.63, 3.8) is 0 Å². The molecule has 2 nitrogen and oxygen atoms in total. The molecule has 0 aliphatic carbocycles. The monoisotopic (exact) mass is 240 g/mol. The van der Waals surface area contributed by atoms with Gasteiger partial charge in [0.25, 0.3) is 0 Å². The highest BCUT2D eigenvalue weighted by Crippen LogP contribution is 2.27. The van der Waals surface area contributed by atoms with Crippen molar-refractivity contribution in [2.75, 3.05) is 0 Å². The Morgan fingerprint density at radius 3 is 2.61 bits per heavy atom. The lowest BCUT2D eigenvalue weighted by atomic mass is 10.2. The van der Waals surface area contributed by atoms with Gasteiger partial charge in [-0.25, -0.2) is 0 Å². The van der Waals surface area contributed by atoms with Gasteiger partial charge in [0.05, 0.1) is 16.6 Å². The second-order valence-corrected chi connectivity index (χ2v) is 4.14. The fourth-order valence-corrected chi connectivity index (χ4v) is 2.36. The van der Waals surface area contributed by atoms with Crippen LogP contribution in [0.5, 0.6) is 0 Å². The van der Waals surface area contributed by atoms with Crippen molar-refractivity contribution in [1.82, 2.24) is 9.55 Å². The lowest BCUT2D eigenvalue weighted by molar-refractivity contribution is 0.826. The number of benzene rings is 1. The number of hydrogen-bond acceptors (Lipinski definition) is 1. The maximum absolute atomic E-state index is 4.49. The number of nitrogens with zero attached hydrogens (tertiary/aromatic N) is 2. The van der Waals surface area contributed by atoms with E-state index in [0.29, 0.717) is 0 Å². The summed E-state index contributed by atoms with van der Waals surface area (Å²) < 4.78 is 2.32. The van der Waals surface area contributed by atoms with Gasteiger partial charge in [-0.05, 0) is 37.6 Å². The Hall–Kier alpha value is -1.83. The van der Waals surface area contributed by atoms with E-state index >= 15 is 0 Å². The lowest BCUT2D eigenvalue weighted by Gasteiger charge is -2.02. The van der Waals surface area contributed by atoms with Gasteiger partial charge >= 0.3 is 0 Å². The van der Waals surface area contributed by atoms with Crippen molar-refractivity contribution in [2.24, 2.45) is 0 Å². The van der Waals surface area contributed by atoms with Crippen molar-refractivity contribution < 1.29 is 0 Å². The maximum atomic E-state index is 4.49. The number of rotatable bonds is 1. The van der Waals surface area contributed by atoms with Crippen LogP contribution in [0.1, 0.15) is 26.3 Å². The molecule has 0 aliphatic heterocycles. The molecular weight excluding hydrogens is 220 g/mol. The number of aryl methyl sites for hydroxylation is 2. The molecule has 0 aliphatic rings. The minimum absolute atomic E-state index is 0.981. The summed E-state index contributed by atoms with van der Waals surface area (Å²) in [6, 6.07) is 10.7. The molecule has 0 fully saturated rings. The molecule has 0 bridgehead atoms. The van der Waals surface area contributed by atoms with Crippen molar-refractivity contribution in [3.05, 3.63) is 42.1 Å². The third-order valence-electron chi connectivity index (χ3n) is 3.09. The fourth-order valence-electron chi connectivity index (χ4n) is 2.36. The van der Waals surface area contributed by atoms with Gasteiger partial charge in [-0.2, -0.15) is 0 Å². The van der Waals surface area contributed by atoms with E-state index in [4.69, 9.17) is 0 Å². The van der Waals surface area contributed by atoms with Gasteiger partial charge in [0.2, 0.25) is 0 Å². The normalized spacial score (nSPS) is 10.4. The Kier molecular flexibility index (Phi) is 3.66. The third kappa shape index (κ3) is 1.88. The summed E-state index contributed by atoms with van der Waals surface area (Å²) in [6.45, 7) is 9.29. The number of hydrogen-bond donors (Lipinski definition) is 0. The molecule has 0 unspecified atom stereocenters. The first-order valence-electron chi connectivity index (χ1n) is 6.65. The standard InChI is InChI=1S/C14H14N2.C2H6/c1-3-16-12-5-4-8-15-14(12)11-7-6-10(2)9-13(11)16;1-2/h4-9H,3H2,1-2H3;1-2H3. The molecule has 2 aromatic heterocycles. The zero-order valence-electron chi connectivity index (χ0n) is 11.6. The first-order chi connectivity index (χ1) is 8.81. The Balaban J connectivity index is 0.000000574. The number of pyridine rings is 1. The zero-order valence-corrected chi connectivity index (χ0v) is 11.6. The lowest BCUT2D eigenvalue weighted by Crippen LogP contribution is -1.92. The van der Waals surface area contributed by atoms with Gasteiger partial charge in [-0.15, -0.1) is 0 Å². The molecule has 2 heteroatoms. The van der Waals surface area contributed by atoms with Crippen LogP contribution in [-0.2, 0) is 6.54 Å². The highest BCUT2D eigenvalue weighted by Gasteiger charge is 2.09. The van der Waals surface area contributed by atoms with E-state index in [0.717, 1.165) is 12.1 Å². The summed E-state index contributed by atoms with van der Waals surface area (Å²) in [5.74, 6) is 0. The Labute approximate surface area is 108 Å². The average molecular weight is 240 g/mol. The second-order valence-electron chi connectivity index (χ2n) is 4.14. The van der Waals surface area contributed by atoms with Gasteiger partial charge in [0.1, 0.15) is 0 Å². The minimum atomic E-state index is 0.981. The van der Waals surface area contributed by atoms with E-state index < -0.39 is 0 Å². The molecule has 3 aromatic rings. The van der Waals surface area contributed by atoms with E-state index in [1.165, 1.54) is 22.0 Å². The average Bonchev–Trinajstić information content (AvgIpc) is 2.73. The van der Waals surface area contributed by atoms with Crippen LogP contribution in [0, 0.1) is 6.92 Å². The molecule has 3 rings (SSSR count). The van der Waals surface area contributed by atoms with E-state index in [2.05, 4.69) is 47.7 Å². The molecule has 0 spiro atoms. The van der Waals surface area contributed by atoms with E-state index in [1.807, 2.05) is 26.1 Å². The largest absolute Gasteiger partial charge is 0.339 e. The Bertz CT molecular complexity index is 665. The van der Waals surface area contributed by atoms with Crippen LogP contribution in [0.25, 0.3) is 21.9 Å². The van der Waals surface area contributed by atoms with Crippen molar-refractivity contribution in [2.45, 2.75) is 34.2 Å². The van der Waals surface area contributed by atoms with Gasteiger partial charge in [0, 0.05) is 18.1 Å². The quantitative estimate of drug-likeness (QED) is 0.610. The SMILES string of the molecule is CC.CCn1c2cc(C)ccc2c2ncccc21. The molecule has 0 amide bonds. The van der Waals surface area contributed by atoms with Crippen LogP contribution in [0.3, 0.4) is 0 Å². The molecular formula is C16H20N2. The van der Waals surface area contributed by atoms with E-state index in [1.54, 1.807) is 0 Å². The van der Waals surface area contributed by atoms with Gasteiger partial charge in [-0.3, -0.25) is 4.98 Å². The molecule has 0 radical (unpaired) electrons. The zero-order chi connectivity index (χ0) is 13.1. The Morgan fingerprint density at radius 2 is 1.89 bits per heavy atom. The fraction of sp³-hybridized carbons (Fsp3) is 0.312. The smallest absolute Gasteiger partial charge is 0.0959 e. The summed E-state index contributed by atoms with van der Waals surface area (Å²) in [5, 5.41) is 1.25. The van der Waals surface area contributed by atoms with Gasteiger partial charge < -0.3 is 4.57 Å². The number of fused-ring (bicyclic) bond motifs is 3. The third-order valence-corrected chi connectivity index (χ3v) is 3.09. The summed E-state index contributed by atoms with van der Waals surface area (Å²) in [6.07, 6.45) is 1.86. The predicted molar refractivity (Wildman–Crippen MR) is 79.0 cm³/mol. The Morgan fingerprint density at radius 1 is 1.11 bits per heavy atom. The van der Waals surface area contributed by atoms with Crippen LogP contribution in [-0.4, -0.2) is 9.55 Å². The van der Waals surface area contributed by atoms with Crippen LogP contribution in [0.4, 0.5) is 0 Å². The molecule has 2 heterocycles. The van der Waals surface area contributed by atoms with Crippen LogP contribution < -0.4 is 0 Å². The van der Waals surface area contributed by atoms with Gasteiger partial charge in [-0.1, -0.05) is 26.0 Å². The first kappa shape index (κ1) is 12.6. The minimum Gasteiger partial charge on any atom is -0.339 e.